The van der Waals surface area contributed by atoms with Crippen molar-refractivity contribution in [2.45, 2.75) is 58.8 Å². The first-order valence-electron chi connectivity index (χ1n) is 7.80. The SMILES string of the molecule is CC(C)CCCCCC(=O)OCC(C)c1ccccc1. The molecule has 1 rings (SSSR count). The topological polar surface area (TPSA) is 26.3 Å². The molecule has 1 unspecified atom stereocenters. The number of unbranched alkanes of at least 4 members (excludes halogenated alkanes) is 2. The number of carbonyl (C=O) groups excluding carboxylic acids is 1. The Morgan fingerprint density at radius 1 is 1.05 bits per heavy atom. The van der Waals surface area contributed by atoms with Crippen LogP contribution in [-0.4, -0.2) is 12.6 Å². The predicted molar refractivity (Wildman–Crippen MR) is 83.7 cm³/mol. The summed E-state index contributed by atoms with van der Waals surface area (Å²) in [5, 5.41) is 0. The van der Waals surface area contributed by atoms with Gasteiger partial charge >= 0.3 is 5.97 Å². The third-order valence-electron chi connectivity index (χ3n) is 3.53. The second kappa shape index (κ2) is 9.57. The summed E-state index contributed by atoms with van der Waals surface area (Å²) in [6.45, 7) is 7.04. The maximum absolute atomic E-state index is 11.7. The molecule has 0 saturated heterocycles. The van der Waals surface area contributed by atoms with Crippen LogP contribution < -0.4 is 0 Å². The first kappa shape index (κ1) is 16.7. The average Bonchev–Trinajstić information content (AvgIpc) is 2.45. The van der Waals surface area contributed by atoms with Gasteiger partial charge in [-0.1, -0.05) is 70.4 Å². The molecule has 0 heterocycles. The van der Waals surface area contributed by atoms with Gasteiger partial charge in [-0.3, -0.25) is 4.79 Å². The third kappa shape index (κ3) is 7.32. The highest BCUT2D eigenvalue weighted by molar-refractivity contribution is 5.69. The lowest BCUT2D eigenvalue weighted by Crippen LogP contribution is -2.10. The van der Waals surface area contributed by atoms with Gasteiger partial charge in [0, 0.05) is 12.3 Å². The Morgan fingerprint density at radius 3 is 2.40 bits per heavy atom. The Hall–Kier alpha value is -1.31. The molecule has 0 aliphatic rings. The van der Waals surface area contributed by atoms with Crippen LogP contribution in [0.1, 0.15) is 64.4 Å². The number of hydrogen-bond donors (Lipinski definition) is 0. The van der Waals surface area contributed by atoms with Crippen molar-refractivity contribution in [3.8, 4) is 0 Å². The van der Waals surface area contributed by atoms with E-state index >= 15 is 0 Å². The smallest absolute Gasteiger partial charge is 0.305 e. The van der Waals surface area contributed by atoms with E-state index in [4.69, 9.17) is 4.74 Å². The van der Waals surface area contributed by atoms with Gasteiger partial charge in [-0.2, -0.15) is 0 Å². The molecule has 0 bridgehead atoms. The number of ether oxygens (including phenoxy) is 1. The highest BCUT2D eigenvalue weighted by Crippen LogP contribution is 2.15. The largest absolute Gasteiger partial charge is 0.465 e. The Balaban J connectivity index is 2.11. The molecule has 1 atom stereocenters. The van der Waals surface area contributed by atoms with Crippen molar-refractivity contribution >= 4 is 5.97 Å². The zero-order chi connectivity index (χ0) is 14.8. The number of hydrogen-bond acceptors (Lipinski definition) is 2. The Labute approximate surface area is 123 Å². The average molecular weight is 276 g/mol. The molecule has 0 fully saturated rings. The molecular weight excluding hydrogens is 248 g/mol. The summed E-state index contributed by atoms with van der Waals surface area (Å²) in [6, 6.07) is 10.2. The van der Waals surface area contributed by atoms with E-state index in [1.165, 1.54) is 18.4 Å². The van der Waals surface area contributed by atoms with Crippen LogP contribution in [0.25, 0.3) is 0 Å². The number of esters is 1. The van der Waals surface area contributed by atoms with Crippen LogP contribution in [0.5, 0.6) is 0 Å². The molecule has 2 heteroatoms. The third-order valence-corrected chi connectivity index (χ3v) is 3.53. The molecule has 0 saturated carbocycles. The number of carbonyl (C=O) groups is 1. The van der Waals surface area contributed by atoms with E-state index in [1.807, 2.05) is 18.2 Å². The van der Waals surface area contributed by atoms with Crippen molar-refractivity contribution in [2.75, 3.05) is 6.61 Å². The normalized spacial score (nSPS) is 12.4. The van der Waals surface area contributed by atoms with E-state index in [2.05, 4.69) is 32.9 Å². The maximum atomic E-state index is 11.7. The molecule has 0 spiro atoms. The van der Waals surface area contributed by atoms with Gasteiger partial charge in [0.1, 0.15) is 0 Å². The van der Waals surface area contributed by atoms with Gasteiger partial charge in [-0.05, 0) is 17.9 Å². The maximum Gasteiger partial charge on any atom is 0.305 e. The molecule has 1 aromatic carbocycles. The lowest BCUT2D eigenvalue weighted by atomic mass is 10.0. The molecule has 20 heavy (non-hydrogen) atoms. The van der Waals surface area contributed by atoms with E-state index in [1.54, 1.807) is 0 Å². The molecule has 1 aromatic rings. The zero-order valence-electron chi connectivity index (χ0n) is 13.1. The Kier molecular flexibility index (Phi) is 8.01. The van der Waals surface area contributed by atoms with E-state index in [0.717, 1.165) is 18.8 Å². The van der Waals surface area contributed by atoms with E-state index in [-0.39, 0.29) is 11.9 Å². The van der Waals surface area contributed by atoms with Crippen LogP contribution in [-0.2, 0) is 9.53 Å². The summed E-state index contributed by atoms with van der Waals surface area (Å²) >= 11 is 0. The zero-order valence-corrected chi connectivity index (χ0v) is 13.1. The summed E-state index contributed by atoms with van der Waals surface area (Å²) < 4.78 is 5.35. The predicted octanol–water partition coefficient (Wildman–Crippen LogP) is 4.94. The fourth-order valence-electron chi connectivity index (χ4n) is 2.17. The fourth-order valence-corrected chi connectivity index (χ4v) is 2.17. The van der Waals surface area contributed by atoms with Gasteiger partial charge in [-0.25, -0.2) is 0 Å². The molecule has 0 N–H and O–H groups in total. The highest BCUT2D eigenvalue weighted by atomic mass is 16.5. The molecule has 0 aliphatic carbocycles. The van der Waals surface area contributed by atoms with Crippen LogP contribution in [0.2, 0.25) is 0 Å². The lowest BCUT2D eigenvalue weighted by molar-refractivity contribution is -0.144. The molecule has 0 radical (unpaired) electrons. The summed E-state index contributed by atoms with van der Waals surface area (Å²) in [5.74, 6) is 0.965. The van der Waals surface area contributed by atoms with Crippen molar-refractivity contribution in [3.05, 3.63) is 35.9 Å². The molecule has 2 nitrogen and oxygen atoms in total. The minimum Gasteiger partial charge on any atom is -0.465 e. The molecule has 0 aliphatic heterocycles. The van der Waals surface area contributed by atoms with Crippen LogP contribution in [0.3, 0.4) is 0 Å². The van der Waals surface area contributed by atoms with Crippen molar-refractivity contribution < 1.29 is 9.53 Å². The van der Waals surface area contributed by atoms with Crippen molar-refractivity contribution in [1.82, 2.24) is 0 Å². The molecule has 0 aromatic heterocycles. The van der Waals surface area contributed by atoms with E-state index < -0.39 is 0 Å². The van der Waals surface area contributed by atoms with Crippen LogP contribution in [0.15, 0.2) is 30.3 Å². The van der Waals surface area contributed by atoms with Crippen LogP contribution in [0.4, 0.5) is 0 Å². The summed E-state index contributed by atoms with van der Waals surface area (Å²) in [7, 11) is 0. The summed E-state index contributed by atoms with van der Waals surface area (Å²) in [4.78, 5) is 11.7. The minimum atomic E-state index is -0.0580. The van der Waals surface area contributed by atoms with Crippen molar-refractivity contribution in [2.24, 2.45) is 5.92 Å². The fraction of sp³-hybridized carbons (Fsp3) is 0.611. The van der Waals surface area contributed by atoms with Gasteiger partial charge in [0.05, 0.1) is 6.61 Å². The quantitative estimate of drug-likeness (QED) is 0.471. The van der Waals surface area contributed by atoms with Gasteiger partial charge in [-0.15, -0.1) is 0 Å². The Morgan fingerprint density at radius 2 is 1.75 bits per heavy atom. The standard InChI is InChI=1S/C18H28O2/c1-15(2)10-6-4-9-13-18(19)20-14-16(3)17-11-7-5-8-12-17/h5,7-8,11-12,15-16H,4,6,9-10,13-14H2,1-3H3. The monoisotopic (exact) mass is 276 g/mol. The van der Waals surface area contributed by atoms with Crippen molar-refractivity contribution in [1.29, 1.82) is 0 Å². The molecule has 0 amide bonds. The summed E-state index contributed by atoms with van der Waals surface area (Å²) in [5.41, 5.74) is 1.22. The van der Waals surface area contributed by atoms with E-state index in [0.29, 0.717) is 13.0 Å². The van der Waals surface area contributed by atoms with Gasteiger partial charge in [0.25, 0.3) is 0 Å². The second-order valence-electron chi connectivity index (χ2n) is 5.99. The van der Waals surface area contributed by atoms with Crippen molar-refractivity contribution in [3.63, 3.8) is 0 Å². The van der Waals surface area contributed by atoms with E-state index in [9.17, 15) is 4.79 Å². The number of benzene rings is 1. The van der Waals surface area contributed by atoms with Crippen LogP contribution >= 0.6 is 0 Å². The summed E-state index contributed by atoms with van der Waals surface area (Å²) in [6.07, 6.45) is 5.10. The molecular formula is C18H28O2. The lowest BCUT2D eigenvalue weighted by Gasteiger charge is -2.12. The van der Waals surface area contributed by atoms with Gasteiger partial charge in [0.15, 0.2) is 0 Å². The minimum absolute atomic E-state index is 0.0580. The Bertz CT molecular complexity index is 370. The molecule has 112 valence electrons. The number of rotatable bonds is 9. The second-order valence-corrected chi connectivity index (χ2v) is 5.99. The van der Waals surface area contributed by atoms with Gasteiger partial charge < -0.3 is 4.74 Å². The first-order valence-corrected chi connectivity index (χ1v) is 7.80. The highest BCUT2D eigenvalue weighted by Gasteiger charge is 2.09. The first-order chi connectivity index (χ1) is 9.59. The van der Waals surface area contributed by atoms with Crippen LogP contribution in [0, 0.1) is 5.92 Å². The van der Waals surface area contributed by atoms with Gasteiger partial charge in [0.2, 0.25) is 0 Å².